The minimum absolute atomic E-state index is 0.0686. The van der Waals surface area contributed by atoms with Crippen molar-refractivity contribution < 1.29 is 19.1 Å². The molecule has 1 fully saturated rings. The molecule has 160 valence electrons. The van der Waals surface area contributed by atoms with Gasteiger partial charge in [-0.15, -0.1) is 0 Å². The minimum Gasteiger partial charge on any atom is -0.462 e. The topological polar surface area (TPSA) is 52.6 Å². The van der Waals surface area contributed by atoms with E-state index in [2.05, 4.69) is 19.1 Å². The minimum atomic E-state index is -0.0793. The number of unbranched alkanes of at least 4 members (excludes halogenated alkanes) is 4. The van der Waals surface area contributed by atoms with Crippen molar-refractivity contribution in [2.45, 2.75) is 110 Å². The highest BCUT2D eigenvalue weighted by Crippen LogP contribution is 2.42. The molecule has 1 aliphatic heterocycles. The van der Waals surface area contributed by atoms with E-state index in [1.54, 1.807) is 0 Å². The van der Waals surface area contributed by atoms with E-state index in [0.717, 1.165) is 44.9 Å². The number of allylic oxidation sites excluding steroid dienone is 2. The van der Waals surface area contributed by atoms with Gasteiger partial charge in [0.05, 0.1) is 6.10 Å². The van der Waals surface area contributed by atoms with Crippen LogP contribution in [-0.2, 0) is 19.1 Å². The van der Waals surface area contributed by atoms with Crippen molar-refractivity contribution >= 4 is 11.8 Å². The Hall–Kier alpha value is -1.16. The van der Waals surface area contributed by atoms with E-state index in [1.165, 1.54) is 19.3 Å². The van der Waals surface area contributed by atoms with Crippen LogP contribution in [0, 0.1) is 11.8 Å². The van der Waals surface area contributed by atoms with Crippen molar-refractivity contribution in [1.29, 1.82) is 0 Å². The molecule has 28 heavy (non-hydrogen) atoms. The van der Waals surface area contributed by atoms with E-state index in [9.17, 15) is 9.59 Å². The fraction of sp³-hybridized carbons (Fsp3) is 0.833. The Labute approximate surface area is 171 Å². The molecule has 0 amide bonds. The molecule has 4 nitrogen and oxygen atoms in total. The molecule has 0 radical (unpaired) electrons. The third-order valence-corrected chi connectivity index (χ3v) is 6.28. The molecular weight excluding hydrogens is 352 g/mol. The first-order valence-electron chi connectivity index (χ1n) is 11.6. The van der Waals surface area contributed by atoms with Crippen molar-refractivity contribution in [2.24, 2.45) is 11.8 Å². The largest absolute Gasteiger partial charge is 0.462 e. The Morgan fingerprint density at radius 3 is 2.75 bits per heavy atom. The molecule has 0 aromatic carbocycles. The van der Waals surface area contributed by atoms with Crippen LogP contribution in [0.1, 0.15) is 97.3 Å². The molecule has 2 unspecified atom stereocenters. The van der Waals surface area contributed by atoms with Gasteiger partial charge in [0.2, 0.25) is 0 Å². The summed E-state index contributed by atoms with van der Waals surface area (Å²) in [7, 11) is 0. The third kappa shape index (κ3) is 7.69. The van der Waals surface area contributed by atoms with E-state index in [0.29, 0.717) is 37.6 Å². The Morgan fingerprint density at radius 2 is 1.96 bits per heavy atom. The van der Waals surface area contributed by atoms with Crippen LogP contribution < -0.4 is 0 Å². The highest BCUT2D eigenvalue weighted by molar-refractivity contribution is 5.78. The lowest BCUT2D eigenvalue weighted by molar-refractivity contribution is -0.151. The van der Waals surface area contributed by atoms with Gasteiger partial charge in [-0.05, 0) is 44.9 Å². The average molecular weight is 393 g/mol. The Balaban J connectivity index is 1.91. The monoisotopic (exact) mass is 392 g/mol. The summed E-state index contributed by atoms with van der Waals surface area (Å²) in [6, 6.07) is 0. The summed E-state index contributed by atoms with van der Waals surface area (Å²) in [6.07, 6.45) is 16.5. The summed E-state index contributed by atoms with van der Waals surface area (Å²) in [5.74, 6) is 0.866. The Bertz CT molecular complexity index is 499. The highest BCUT2D eigenvalue weighted by Gasteiger charge is 2.45. The first kappa shape index (κ1) is 23.1. The molecular formula is C24H40O4. The van der Waals surface area contributed by atoms with E-state index in [1.807, 2.05) is 6.92 Å². The lowest BCUT2D eigenvalue weighted by Crippen LogP contribution is -2.27. The number of hydrogen-bond acceptors (Lipinski definition) is 4. The number of Topliss-reactive ketones (excluding diaryl/α,β-unsaturated/α-hetero) is 1. The summed E-state index contributed by atoms with van der Waals surface area (Å²) in [5, 5.41) is 0. The van der Waals surface area contributed by atoms with E-state index in [4.69, 9.17) is 9.47 Å². The Morgan fingerprint density at radius 1 is 1.14 bits per heavy atom. The number of esters is 1. The van der Waals surface area contributed by atoms with Crippen LogP contribution in [0.2, 0.25) is 0 Å². The second-order valence-corrected chi connectivity index (χ2v) is 8.43. The summed E-state index contributed by atoms with van der Waals surface area (Å²) in [4.78, 5) is 24.5. The lowest BCUT2D eigenvalue weighted by Gasteiger charge is -2.26. The van der Waals surface area contributed by atoms with Gasteiger partial charge >= 0.3 is 5.97 Å². The molecule has 0 aromatic heterocycles. The number of carbonyl (C=O) groups is 2. The number of rotatable bonds is 11. The predicted octanol–water partition coefficient (Wildman–Crippen LogP) is 5.78. The zero-order valence-electron chi connectivity index (χ0n) is 18.0. The second kappa shape index (κ2) is 13.1. The van der Waals surface area contributed by atoms with Crippen molar-refractivity contribution in [1.82, 2.24) is 0 Å². The molecule has 2 aliphatic rings. The zero-order chi connectivity index (χ0) is 20.2. The zero-order valence-corrected chi connectivity index (χ0v) is 18.0. The molecule has 0 N–H and O–H groups in total. The highest BCUT2D eigenvalue weighted by atomic mass is 16.5. The third-order valence-electron chi connectivity index (χ3n) is 6.28. The van der Waals surface area contributed by atoms with Gasteiger partial charge in [-0.1, -0.05) is 44.8 Å². The maximum absolute atomic E-state index is 12.4. The molecule has 4 atom stereocenters. The average Bonchev–Trinajstić information content (AvgIpc) is 2.99. The summed E-state index contributed by atoms with van der Waals surface area (Å²) in [5.41, 5.74) is 0. The normalized spacial score (nSPS) is 29.1. The first-order valence-corrected chi connectivity index (χ1v) is 11.6. The summed E-state index contributed by atoms with van der Waals surface area (Å²) in [6.45, 7) is 4.89. The van der Waals surface area contributed by atoms with Crippen LogP contribution in [-0.4, -0.2) is 30.6 Å². The molecule has 2 rings (SSSR count). The van der Waals surface area contributed by atoms with Gasteiger partial charge in [0, 0.05) is 38.2 Å². The van der Waals surface area contributed by atoms with Gasteiger partial charge in [-0.3, -0.25) is 9.59 Å². The second-order valence-electron chi connectivity index (χ2n) is 8.43. The van der Waals surface area contributed by atoms with Crippen molar-refractivity contribution in [2.75, 3.05) is 6.61 Å². The van der Waals surface area contributed by atoms with Crippen LogP contribution in [0.15, 0.2) is 12.2 Å². The molecule has 1 aliphatic carbocycles. The predicted molar refractivity (Wildman–Crippen MR) is 112 cm³/mol. The van der Waals surface area contributed by atoms with E-state index < -0.39 is 0 Å². The van der Waals surface area contributed by atoms with Gasteiger partial charge < -0.3 is 9.47 Å². The van der Waals surface area contributed by atoms with Crippen molar-refractivity contribution in [3.05, 3.63) is 12.2 Å². The number of ketones is 1. The van der Waals surface area contributed by atoms with Crippen LogP contribution >= 0.6 is 0 Å². The molecule has 0 bridgehead atoms. The fourth-order valence-electron chi connectivity index (χ4n) is 4.74. The molecule has 0 spiro atoms. The van der Waals surface area contributed by atoms with Crippen LogP contribution in [0.3, 0.4) is 0 Å². The van der Waals surface area contributed by atoms with Gasteiger partial charge in [0.15, 0.2) is 0 Å². The smallest absolute Gasteiger partial charge is 0.306 e. The summed E-state index contributed by atoms with van der Waals surface area (Å²) < 4.78 is 11.8. The van der Waals surface area contributed by atoms with Crippen LogP contribution in [0.4, 0.5) is 0 Å². The summed E-state index contributed by atoms with van der Waals surface area (Å²) >= 11 is 0. The Kier molecular flexibility index (Phi) is 10.8. The van der Waals surface area contributed by atoms with Gasteiger partial charge in [0.1, 0.15) is 11.9 Å². The molecule has 0 saturated heterocycles. The number of fused-ring (bicyclic) bond motifs is 1. The number of ether oxygens (including phenoxy) is 2. The fourth-order valence-corrected chi connectivity index (χ4v) is 4.74. The SMILES string of the molecule is CCCCCCCC(=O)CC[C@@H]1C2C/C=C\CCCC(=O)OC2C[C@H]1OCC. The van der Waals surface area contributed by atoms with Crippen molar-refractivity contribution in [3.63, 3.8) is 0 Å². The molecule has 4 heteroatoms. The number of hydrogen-bond donors (Lipinski definition) is 0. The van der Waals surface area contributed by atoms with Gasteiger partial charge in [-0.25, -0.2) is 0 Å². The van der Waals surface area contributed by atoms with E-state index >= 15 is 0 Å². The molecule has 1 saturated carbocycles. The van der Waals surface area contributed by atoms with E-state index in [-0.39, 0.29) is 24.1 Å². The van der Waals surface area contributed by atoms with Crippen molar-refractivity contribution in [3.8, 4) is 0 Å². The van der Waals surface area contributed by atoms with Gasteiger partial charge in [-0.2, -0.15) is 0 Å². The quantitative estimate of drug-likeness (QED) is 0.254. The molecule has 0 aromatic rings. The first-order chi connectivity index (χ1) is 13.7. The molecule has 1 heterocycles. The lowest BCUT2D eigenvalue weighted by atomic mass is 9.85. The number of carbonyl (C=O) groups excluding carboxylic acids is 2. The van der Waals surface area contributed by atoms with Crippen LogP contribution in [0.5, 0.6) is 0 Å². The maximum Gasteiger partial charge on any atom is 0.306 e. The van der Waals surface area contributed by atoms with Crippen LogP contribution in [0.25, 0.3) is 0 Å². The van der Waals surface area contributed by atoms with Gasteiger partial charge in [0.25, 0.3) is 0 Å². The maximum atomic E-state index is 12.4. The standard InChI is InChI=1S/C24H40O4/c1-3-5-6-7-10-13-19(25)16-17-21-20-14-11-8-9-12-15-24(26)28-23(20)18-22(21)27-4-2/h8,11,20-23H,3-7,9-10,12-18H2,1-2H3/b11-8-/t20?,21-,22-,23?/m1/s1.